The van der Waals surface area contributed by atoms with Crippen molar-refractivity contribution in [1.82, 2.24) is 4.90 Å². The van der Waals surface area contributed by atoms with Crippen molar-refractivity contribution in [3.8, 4) is 0 Å². The fraction of sp³-hybridized carbons (Fsp3) is 1.00. The summed E-state index contributed by atoms with van der Waals surface area (Å²) < 4.78 is 0. The number of nitrogens with two attached hydrogens (primary N) is 2. The molecule has 0 bridgehead atoms. The minimum absolute atomic E-state index is 0.795. The summed E-state index contributed by atoms with van der Waals surface area (Å²) in [5, 5.41) is 0.822. The van der Waals surface area contributed by atoms with Crippen LogP contribution in [0.4, 0.5) is 0 Å². The van der Waals surface area contributed by atoms with Crippen LogP contribution >= 0.6 is 0 Å². The zero-order chi connectivity index (χ0) is 14.4. The standard InChI is InChI=1S/C13H35N3Si2/c1-17(2,3)13(18(4,5)6)16(11-7-9-14)12-8-10-15/h13H,7-12,14-15H2,1-6H3. The molecule has 0 fully saturated rings. The van der Waals surface area contributed by atoms with Crippen molar-refractivity contribution in [1.29, 1.82) is 0 Å². The first-order valence-electron chi connectivity index (χ1n) is 7.28. The number of nitrogens with zero attached hydrogens (tertiary/aromatic N) is 1. The van der Waals surface area contributed by atoms with E-state index in [0.717, 1.165) is 44.3 Å². The third-order valence-corrected chi connectivity index (χ3v) is 12.5. The number of hydrogen-bond donors (Lipinski definition) is 2. The fourth-order valence-electron chi connectivity index (χ4n) is 3.35. The molecule has 0 unspecified atom stereocenters. The van der Waals surface area contributed by atoms with Gasteiger partial charge in [-0.05, 0) is 44.3 Å². The molecule has 0 aliphatic carbocycles. The highest BCUT2D eigenvalue weighted by atomic mass is 28.4. The zero-order valence-electron chi connectivity index (χ0n) is 13.4. The van der Waals surface area contributed by atoms with Crippen LogP contribution in [0, 0.1) is 0 Å². The predicted octanol–water partition coefficient (Wildman–Crippen LogP) is 2.11. The zero-order valence-corrected chi connectivity index (χ0v) is 15.4. The van der Waals surface area contributed by atoms with Crippen LogP contribution in [0.25, 0.3) is 0 Å². The van der Waals surface area contributed by atoms with E-state index in [1.165, 1.54) is 0 Å². The highest BCUT2D eigenvalue weighted by molar-refractivity contribution is 6.96. The van der Waals surface area contributed by atoms with Gasteiger partial charge >= 0.3 is 0 Å². The Morgan fingerprint density at radius 1 is 0.778 bits per heavy atom. The lowest BCUT2D eigenvalue weighted by Gasteiger charge is -2.46. The van der Waals surface area contributed by atoms with Crippen molar-refractivity contribution >= 4 is 16.1 Å². The first kappa shape index (κ1) is 18.3. The maximum Gasteiger partial charge on any atom is 0.0603 e. The van der Waals surface area contributed by atoms with E-state index in [9.17, 15) is 0 Å². The molecule has 4 N–H and O–H groups in total. The second-order valence-electron chi connectivity index (χ2n) is 7.46. The Bertz CT molecular complexity index is 199. The molecular formula is C13H35N3Si2. The van der Waals surface area contributed by atoms with E-state index in [0.29, 0.717) is 0 Å². The van der Waals surface area contributed by atoms with Gasteiger partial charge in [-0.1, -0.05) is 39.3 Å². The summed E-state index contributed by atoms with van der Waals surface area (Å²) in [4.78, 5) is 2.72. The first-order chi connectivity index (χ1) is 8.14. The van der Waals surface area contributed by atoms with E-state index >= 15 is 0 Å². The van der Waals surface area contributed by atoms with Crippen molar-refractivity contribution in [3.05, 3.63) is 0 Å². The smallest absolute Gasteiger partial charge is 0.0603 e. The van der Waals surface area contributed by atoms with Crippen LogP contribution in [-0.2, 0) is 0 Å². The van der Waals surface area contributed by atoms with E-state index in [2.05, 4.69) is 44.2 Å². The SMILES string of the molecule is C[Si](C)(C)C(N(CCCN)CCCN)[Si](C)(C)C. The third-order valence-electron chi connectivity index (χ3n) is 3.30. The molecule has 3 nitrogen and oxygen atoms in total. The minimum atomic E-state index is -1.18. The predicted molar refractivity (Wildman–Crippen MR) is 89.4 cm³/mol. The molecule has 0 aliphatic rings. The van der Waals surface area contributed by atoms with Crippen LogP contribution in [0.15, 0.2) is 0 Å². The van der Waals surface area contributed by atoms with Gasteiger partial charge in [0.25, 0.3) is 0 Å². The second-order valence-corrected chi connectivity index (χ2v) is 18.6. The Kier molecular flexibility index (Phi) is 7.93. The highest BCUT2D eigenvalue weighted by Crippen LogP contribution is 2.25. The van der Waals surface area contributed by atoms with E-state index in [1.54, 1.807) is 0 Å². The lowest BCUT2D eigenvalue weighted by atomic mass is 10.3. The van der Waals surface area contributed by atoms with Gasteiger partial charge in [-0.2, -0.15) is 0 Å². The summed E-state index contributed by atoms with van der Waals surface area (Å²) in [5.41, 5.74) is 11.4. The van der Waals surface area contributed by atoms with E-state index in [4.69, 9.17) is 11.5 Å². The fourth-order valence-corrected chi connectivity index (χ4v) is 16.5. The monoisotopic (exact) mass is 289 g/mol. The normalized spacial score (nSPS) is 13.7. The summed E-state index contributed by atoms with van der Waals surface area (Å²) in [6.07, 6.45) is 2.21. The van der Waals surface area contributed by atoms with Gasteiger partial charge in [0.1, 0.15) is 0 Å². The van der Waals surface area contributed by atoms with Crippen molar-refractivity contribution < 1.29 is 0 Å². The molecule has 0 aromatic heterocycles. The van der Waals surface area contributed by atoms with Crippen molar-refractivity contribution in [2.24, 2.45) is 11.5 Å². The molecule has 0 heterocycles. The molecule has 0 atom stereocenters. The van der Waals surface area contributed by atoms with Crippen LogP contribution in [0.1, 0.15) is 12.8 Å². The van der Waals surface area contributed by atoms with Gasteiger partial charge in [-0.15, -0.1) is 0 Å². The molecule has 0 aromatic carbocycles. The third kappa shape index (κ3) is 6.47. The van der Waals surface area contributed by atoms with Gasteiger partial charge in [-0.25, -0.2) is 0 Å². The van der Waals surface area contributed by atoms with Gasteiger partial charge < -0.3 is 16.4 Å². The molecule has 0 aliphatic heterocycles. The Morgan fingerprint density at radius 2 is 1.11 bits per heavy atom. The lowest BCUT2D eigenvalue weighted by Crippen LogP contribution is -2.63. The summed E-state index contributed by atoms with van der Waals surface area (Å²) in [6.45, 7) is 18.9. The molecule has 0 amide bonds. The van der Waals surface area contributed by atoms with E-state index < -0.39 is 16.1 Å². The van der Waals surface area contributed by atoms with Crippen molar-refractivity contribution in [2.75, 3.05) is 26.2 Å². The van der Waals surface area contributed by atoms with Crippen LogP contribution in [0.3, 0.4) is 0 Å². The number of rotatable bonds is 9. The molecule has 0 aromatic rings. The average Bonchev–Trinajstić information content (AvgIpc) is 2.17. The maximum atomic E-state index is 5.70. The summed E-state index contributed by atoms with van der Waals surface area (Å²) in [5.74, 6) is 0. The lowest BCUT2D eigenvalue weighted by molar-refractivity contribution is 0.279. The van der Waals surface area contributed by atoms with Crippen LogP contribution in [-0.4, -0.2) is 52.5 Å². The van der Waals surface area contributed by atoms with Crippen LogP contribution in [0.2, 0.25) is 39.3 Å². The van der Waals surface area contributed by atoms with Gasteiger partial charge in [-0.3, -0.25) is 0 Å². The van der Waals surface area contributed by atoms with Crippen molar-refractivity contribution in [2.45, 2.75) is 57.4 Å². The summed E-state index contributed by atoms with van der Waals surface area (Å²) in [6, 6.07) is 0. The Morgan fingerprint density at radius 3 is 1.33 bits per heavy atom. The molecule has 0 rings (SSSR count). The van der Waals surface area contributed by atoms with Crippen molar-refractivity contribution in [3.63, 3.8) is 0 Å². The van der Waals surface area contributed by atoms with E-state index in [-0.39, 0.29) is 0 Å². The molecule has 0 spiro atoms. The molecule has 110 valence electrons. The molecule has 18 heavy (non-hydrogen) atoms. The van der Waals surface area contributed by atoms with Crippen LogP contribution in [0.5, 0.6) is 0 Å². The Hall–Kier alpha value is 0.314. The van der Waals surface area contributed by atoms with Gasteiger partial charge in [0, 0.05) is 0 Å². The summed E-state index contributed by atoms with van der Waals surface area (Å²) in [7, 11) is -2.36. The van der Waals surface area contributed by atoms with Gasteiger partial charge in [0.15, 0.2) is 0 Å². The summed E-state index contributed by atoms with van der Waals surface area (Å²) >= 11 is 0. The molecule has 0 saturated heterocycles. The van der Waals surface area contributed by atoms with Gasteiger partial charge in [0.2, 0.25) is 0 Å². The highest BCUT2D eigenvalue weighted by Gasteiger charge is 2.40. The quantitative estimate of drug-likeness (QED) is 0.639. The first-order valence-corrected chi connectivity index (χ1v) is 14.4. The average molecular weight is 290 g/mol. The van der Waals surface area contributed by atoms with Crippen LogP contribution < -0.4 is 11.5 Å². The topological polar surface area (TPSA) is 55.3 Å². The number of hydrogen-bond acceptors (Lipinski definition) is 3. The molecule has 0 saturated carbocycles. The van der Waals surface area contributed by atoms with Gasteiger partial charge in [0.05, 0.1) is 16.1 Å². The molecule has 0 radical (unpaired) electrons. The second kappa shape index (κ2) is 7.79. The Balaban J connectivity index is 4.95. The Labute approximate surface area is 116 Å². The molecular weight excluding hydrogens is 254 g/mol. The molecule has 5 heteroatoms. The minimum Gasteiger partial charge on any atom is -0.330 e. The van der Waals surface area contributed by atoms with E-state index in [1.807, 2.05) is 0 Å². The largest absolute Gasteiger partial charge is 0.330 e. The maximum absolute atomic E-state index is 5.70.